The molecule has 0 N–H and O–H groups in total. The molecule has 0 amide bonds. The van der Waals surface area contributed by atoms with E-state index in [4.69, 9.17) is 20.9 Å². The molecule has 1 aliphatic rings. The van der Waals surface area contributed by atoms with E-state index in [9.17, 15) is 0 Å². The Hall–Kier alpha value is -1.08. The number of hydrogen-bond acceptors (Lipinski definition) is 5. The van der Waals surface area contributed by atoms with Crippen LogP contribution in [0.15, 0.2) is 30.0 Å². The third kappa shape index (κ3) is 3.20. The van der Waals surface area contributed by atoms with Gasteiger partial charge < -0.3 is 9.31 Å². The van der Waals surface area contributed by atoms with E-state index in [1.807, 2.05) is 52.0 Å². The zero-order chi connectivity index (χ0) is 17.5. The maximum atomic E-state index is 6.11. The lowest BCUT2D eigenvalue weighted by Crippen LogP contribution is -2.41. The predicted octanol–water partition coefficient (Wildman–Crippen LogP) is 4.23. The monoisotopic (exact) mass is 362 g/mol. The van der Waals surface area contributed by atoms with Crippen LogP contribution in [0, 0.1) is 0 Å². The summed E-state index contributed by atoms with van der Waals surface area (Å²) in [5, 5.41) is 1.29. The Kier molecular flexibility index (Phi) is 4.68. The second kappa shape index (κ2) is 6.34. The van der Waals surface area contributed by atoms with E-state index < -0.39 is 7.12 Å². The van der Waals surface area contributed by atoms with E-state index in [0.717, 1.165) is 21.9 Å². The van der Waals surface area contributed by atoms with Crippen LogP contribution in [0.5, 0.6) is 0 Å². The molecule has 1 aromatic carbocycles. The van der Waals surface area contributed by atoms with Crippen molar-refractivity contribution in [3.05, 3.63) is 40.7 Å². The molecule has 4 nitrogen and oxygen atoms in total. The summed E-state index contributed by atoms with van der Waals surface area (Å²) < 4.78 is 12.2. The number of rotatable bonds is 3. The van der Waals surface area contributed by atoms with Gasteiger partial charge in [-0.3, -0.25) is 0 Å². The highest BCUT2D eigenvalue weighted by Gasteiger charge is 2.52. The normalized spacial score (nSPS) is 19.9. The van der Waals surface area contributed by atoms with Gasteiger partial charge in [0.2, 0.25) is 0 Å². The molecule has 1 aromatic heterocycles. The minimum absolute atomic E-state index is 0.371. The van der Waals surface area contributed by atoms with Crippen LogP contribution in [0.1, 0.15) is 33.3 Å². The summed E-state index contributed by atoms with van der Waals surface area (Å²) in [6.45, 7) is 8.16. The van der Waals surface area contributed by atoms with Gasteiger partial charge in [-0.25, -0.2) is 9.97 Å². The van der Waals surface area contributed by atoms with Gasteiger partial charge in [-0.2, -0.15) is 12.6 Å². The average molecular weight is 363 g/mol. The highest BCUT2D eigenvalue weighted by atomic mass is 35.5. The number of hydrogen-bond donors (Lipinski definition) is 1. The van der Waals surface area contributed by atoms with Gasteiger partial charge in [0.1, 0.15) is 11.5 Å². The lowest BCUT2D eigenvalue weighted by Gasteiger charge is -2.32. The second-order valence-electron chi connectivity index (χ2n) is 6.91. The summed E-state index contributed by atoms with van der Waals surface area (Å²) in [6.07, 6.45) is 3.50. The molecular formula is C17H20BClN2O2S. The summed E-state index contributed by atoms with van der Waals surface area (Å²) in [7, 11) is -0.405. The molecule has 1 saturated heterocycles. The smallest absolute Gasteiger partial charge is 0.400 e. The maximum absolute atomic E-state index is 6.11. The Bertz CT molecular complexity index is 794. The Balaban J connectivity index is 1.94. The zero-order valence-electron chi connectivity index (χ0n) is 14.2. The van der Waals surface area contributed by atoms with Crippen molar-refractivity contribution in [2.75, 3.05) is 5.75 Å². The second-order valence-corrected chi connectivity index (χ2v) is 7.58. The minimum atomic E-state index is -0.405. The van der Waals surface area contributed by atoms with Crippen molar-refractivity contribution in [1.29, 1.82) is 0 Å². The van der Waals surface area contributed by atoms with Crippen LogP contribution in [0.3, 0.4) is 0 Å². The first-order valence-corrected chi connectivity index (χ1v) is 8.82. The van der Waals surface area contributed by atoms with Gasteiger partial charge in [-0.05, 0) is 50.9 Å². The summed E-state index contributed by atoms with van der Waals surface area (Å²) in [5.41, 5.74) is 2.02. The molecule has 2 heterocycles. The minimum Gasteiger partial charge on any atom is -0.400 e. The molecule has 0 unspecified atom stereocenters. The van der Waals surface area contributed by atoms with Crippen molar-refractivity contribution in [1.82, 2.24) is 9.97 Å². The van der Waals surface area contributed by atoms with Crippen LogP contribution in [0.2, 0.25) is 5.15 Å². The Morgan fingerprint density at radius 1 is 1.21 bits per heavy atom. The first-order valence-electron chi connectivity index (χ1n) is 7.81. The molecule has 0 radical (unpaired) electrons. The molecule has 0 atom stereocenters. The molecule has 1 aliphatic heterocycles. The Morgan fingerprint density at radius 2 is 1.88 bits per heavy atom. The fourth-order valence-corrected chi connectivity index (χ4v) is 2.97. The van der Waals surface area contributed by atoms with Gasteiger partial charge in [-0.15, -0.1) is 0 Å². The standard InChI is InChI=1S/C17H20BClN2O2S/c1-16(2)17(3,4)23-18(22-16)12(9-24)7-11-5-6-13-14(8-11)20-10-21-15(13)19/h5-8,10,24H,9H2,1-4H3. The first kappa shape index (κ1) is 17.7. The van der Waals surface area contributed by atoms with Crippen molar-refractivity contribution < 1.29 is 9.31 Å². The highest BCUT2D eigenvalue weighted by molar-refractivity contribution is 7.80. The molecule has 0 aliphatic carbocycles. The fourth-order valence-electron chi connectivity index (χ4n) is 2.53. The Morgan fingerprint density at radius 3 is 2.50 bits per heavy atom. The van der Waals surface area contributed by atoms with Crippen LogP contribution < -0.4 is 0 Å². The quantitative estimate of drug-likeness (QED) is 0.504. The van der Waals surface area contributed by atoms with Crippen LogP contribution in [-0.4, -0.2) is 34.0 Å². The predicted molar refractivity (Wildman–Crippen MR) is 102 cm³/mol. The topological polar surface area (TPSA) is 44.2 Å². The zero-order valence-corrected chi connectivity index (χ0v) is 15.9. The van der Waals surface area contributed by atoms with Crippen LogP contribution in [-0.2, 0) is 9.31 Å². The van der Waals surface area contributed by atoms with Crippen LogP contribution in [0.4, 0.5) is 0 Å². The number of benzene rings is 1. The number of aromatic nitrogens is 2. The van der Waals surface area contributed by atoms with Crippen LogP contribution in [0.25, 0.3) is 17.0 Å². The first-order chi connectivity index (χ1) is 11.2. The summed E-state index contributed by atoms with van der Waals surface area (Å²) >= 11 is 10.5. The summed E-state index contributed by atoms with van der Waals surface area (Å²) in [5.74, 6) is 0.541. The van der Waals surface area contributed by atoms with Gasteiger partial charge in [0, 0.05) is 11.1 Å². The molecule has 7 heteroatoms. The average Bonchev–Trinajstić information content (AvgIpc) is 2.73. The van der Waals surface area contributed by atoms with E-state index in [1.165, 1.54) is 6.33 Å². The van der Waals surface area contributed by atoms with E-state index in [1.54, 1.807) is 0 Å². The van der Waals surface area contributed by atoms with Gasteiger partial charge >= 0.3 is 7.12 Å². The number of fused-ring (bicyclic) bond motifs is 1. The van der Waals surface area contributed by atoms with Gasteiger partial charge in [0.05, 0.1) is 16.7 Å². The van der Waals surface area contributed by atoms with E-state index in [0.29, 0.717) is 10.9 Å². The van der Waals surface area contributed by atoms with Gasteiger partial charge in [-0.1, -0.05) is 23.7 Å². The Labute approximate surface area is 153 Å². The molecule has 3 rings (SSSR count). The third-order valence-electron chi connectivity index (χ3n) is 4.70. The lowest BCUT2D eigenvalue weighted by atomic mass is 9.78. The van der Waals surface area contributed by atoms with E-state index in [2.05, 4.69) is 22.6 Å². The molecule has 0 bridgehead atoms. The number of halogens is 1. The maximum Gasteiger partial charge on any atom is 0.491 e. The molecule has 0 saturated carbocycles. The SMILES string of the molecule is CC1(C)OB(C(=Cc2ccc3c(Cl)ncnc3c2)CS)OC1(C)C. The van der Waals surface area contributed by atoms with E-state index >= 15 is 0 Å². The van der Waals surface area contributed by atoms with Gasteiger partial charge in [0.25, 0.3) is 0 Å². The van der Waals surface area contributed by atoms with Crippen LogP contribution >= 0.6 is 24.2 Å². The lowest BCUT2D eigenvalue weighted by molar-refractivity contribution is 0.00578. The molecule has 24 heavy (non-hydrogen) atoms. The molecule has 126 valence electrons. The molecule has 0 spiro atoms. The number of thiol groups is 1. The van der Waals surface area contributed by atoms with Crippen molar-refractivity contribution in [3.8, 4) is 0 Å². The van der Waals surface area contributed by atoms with Crippen molar-refractivity contribution >= 4 is 48.3 Å². The van der Waals surface area contributed by atoms with E-state index in [-0.39, 0.29) is 11.2 Å². The fraction of sp³-hybridized carbons (Fsp3) is 0.412. The molecule has 2 aromatic rings. The van der Waals surface area contributed by atoms with Crippen molar-refractivity contribution in [3.63, 3.8) is 0 Å². The summed E-state index contributed by atoms with van der Waals surface area (Å²) in [6, 6.07) is 5.87. The van der Waals surface area contributed by atoms with Gasteiger partial charge in [0.15, 0.2) is 0 Å². The third-order valence-corrected chi connectivity index (χ3v) is 5.37. The highest BCUT2D eigenvalue weighted by Crippen LogP contribution is 2.39. The molecule has 1 fully saturated rings. The number of nitrogens with zero attached hydrogens (tertiary/aromatic N) is 2. The largest absolute Gasteiger partial charge is 0.491 e. The van der Waals surface area contributed by atoms with Crippen molar-refractivity contribution in [2.45, 2.75) is 38.9 Å². The summed E-state index contributed by atoms with van der Waals surface area (Å²) in [4.78, 5) is 8.27. The molecular weight excluding hydrogens is 343 g/mol. The van der Waals surface area contributed by atoms with Crippen molar-refractivity contribution in [2.24, 2.45) is 0 Å².